The number of rotatable bonds is 4. The van der Waals surface area contributed by atoms with Crippen LogP contribution in [0.25, 0.3) is 10.8 Å². The van der Waals surface area contributed by atoms with Gasteiger partial charge in [0.15, 0.2) is 6.29 Å². The van der Waals surface area contributed by atoms with Gasteiger partial charge in [-0.2, -0.15) is 11.8 Å². The van der Waals surface area contributed by atoms with Gasteiger partial charge >= 0.3 is 0 Å². The lowest BCUT2D eigenvalue weighted by atomic mass is 10.0. The van der Waals surface area contributed by atoms with E-state index in [1.807, 2.05) is 36.0 Å². The molecule has 0 heterocycles. The molecule has 0 saturated heterocycles. The number of hydrogen-bond donors (Lipinski definition) is 0. The standard InChI is InChI=1S/C15H16OS/c1-11(2)17-10-13-8-7-12(9-16)14-5-3-4-6-15(13)14/h3-9,11H,10H2,1-2H3. The van der Waals surface area contributed by atoms with E-state index in [1.165, 1.54) is 10.9 Å². The second kappa shape index (κ2) is 5.37. The number of hydrogen-bond acceptors (Lipinski definition) is 2. The van der Waals surface area contributed by atoms with E-state index >= 15 is 0 Å². The molecule has 0 saturated carbocycles. The van der Waals surface area contributed by atoms with Crippen LogP contribution < -0.4 is 0 Å². The van der Waals surface area contributed by atoms with Crippen molar-refractivity contribution >= 4 is 28.8 Å². The summed E-state index contributed by atoms with van der Waals surface area (Å²) in [6.45, 7) is 4.40. The first kappa shape index (κ1) is 12.2. The Hall–Kier alpha value is -1.28. The first-order chi connectivity index (χ1) is 8.22. The highest BCUT2D eigenvalue weighted by molar-refractivity contribution is 7.99. The fraction of sp³-hybridized carbons (Fsp3) is 0.267. The van der Waals surface area contributed by atoms with E-state index in [1.54, 1.807) is 0 Å². The number of fused-ring (bicyclic) bond motifs is 1. The van der Waals surface area contributed by atoms with Crippen LogP contribution in [0.5, 0.6) is 0 Å². The molecule has 0 atom stereocenters. The lowest BCUT2D eigenvalue weighted by Crippen LogP contribution is -1.92. The van der Waals surface area contributed by atoms with Crippen LogP contribution in [-0.4, -0.2) is 11.5 Å². The summed E-state index contributed by atoms with van der Waals surface area (Å²) < 4.78 is 0. The Bertz CT molecular complexity index is 531. The zero-order valence-corrected chi connectivity index (χ0v) is 11.0. The van der Waals surface area contributed by atoms with Crippen LogP contribution in [0, 0.1) is 0 Å². The van der Waals surface area contributed by atoms with Crippen molar-refractivity contribution in [3.8, 4) is 0 Å². The van der Waals surface area contributed by atoms with Crippen LogP contribution in [0.15, 0.2) is 36.4 Å². The Labute approximate surface area is 106 Å². The van der Waals surface area contributed by atoms with E-state index < -0.39 is 0 Å². The van der Waals surface area contributed by atoms with Crippen molar-refractivity contribution in [3.05, 3.63) is 47.5 Å². The first-order valence-corrected chi connectivity index (χ1v) is 6.84. The number of aldehydes is 1. The van der Waals surface area contributed by atoms with Crippen LogP contribution in [0.2, 0.25) is 0 Å². The second-order valence-electron chi connectivity index (χ2n) is 4.34. The monoisotopic (exact) mass is 244 g/mol. The average Bonchev–Trinajstić information content (AvgIpc) is 2.35. The Kier molecular flexibility index (Phi) is 3.85. The summed E-state index contributed by atoms with van der Waals surface area (Å²) in [7, 11) is 0. The molecule has 2 rings (SSSR count). The summed E-state index contributed by atoms with van der Waals surface area (Å²) in [4.78, 5) is 11.0. The third-order valence-corrected chi connectivity index (χ3v) is 3.89. The molecule has 0 aliphatic carbocycles. The van der Waals surface area contributed by atoms with Crippen LogP contribution in [0.4, 0.5) is 0 Å². The number of thioether (sulfide) groups is 1. The molecular weight excluding hydrogens is 228 g/mol. The highest BCUT2D eigenvalue weighted by atomic mass is 32.2. The van der Waals surface area contributed by atoms with E-state index in [2.05, 4.69) is 26.0 Å². The summed E-state index contributed by atoms with van der Waals surface area (Å²) in [6, 6.07) is 12.1. The molecule has 0 bridgehead atoms. The smallest absolute Gasteiger partial charge is 0.150 e. The zero-order valence-electron chi connectivity index (χ0n) is 10.1. The van der Waals surface area contributed by atoms with E-state index in [-0.39, 0.29) is 0 Å². The predicted molar refractivity (Wildman–Crippen MR) is 75.8 cm³/mol. The molecule has 0 aromatic heterocycles. The summed E-state index contributed by atoms with van der Waals surface area (Å²) >= 11 is 1.92. The maximum Gasteiger partial charge on any atom is 0.150 e. The van der Waals surface area contributed by atoms with Gasteiger partial charge in [0.25, 0.3) is 0 Å². The molecular formula is C15H16OS. The summed E-state index contributed by atoms with van der Waals surface area (Å²) in [5, 5.41) is 2.88. The zero-order chi connectivity index (χ0) is 12.3. The van der Waals surface area contributed by atoms with Crippen molar-refractivity contribution in [2.75, 3.05) is 0 Å². The summed E-state index contributed by atoms with van der Waals surface area (Å²) in [5.41, 5.74) is 2.09. The van der Waals surface area contributed by atoms with Crippen molar-refractivity contribution in [1.82, 2.24) is 0 Å². The maximum atomic E-state index is 11.0. The number of benzene rings is 2. The van der Waals surface area contributed by atoms with Gasteiger partial charge in [0, 0.05) is 11.3 Å². The molecule has 0 aliphatic heterocycles. The molecule has 0 N–H and O–H groups in total. The van der Waals surface area contributed by atoms with Crippen LogP contribution >= 0.6 is 11.8 Å². The molecule has 2 heteroatoms. The van der Waals surface area contributed by atoms with Crippen molar-refractivity contribution in [2.24, 2.45) is 0 Å². The van der Waals surface area contributed by atoms with E-state index in [0.29, 0.717) is 5.25 Å². The minimum atomic E-state index is 0.625. The molecule has 88 valence electrons. The molecule has 0 radical (unpaired) electrons. The van der Waals surface area contributed by atoms with Gasteiger partial charge in [-0.25, -0.2) is 0 Å². The second-order valence-corrected chi connectivity index (χ2v) is 5.90. The summed E-state index contributed by atoms with van der Waals surface area (Å²) in [6.07, 6.45) is 0.932. The Morgan fingerprint density at radius 3 is 2.47 bits per heavy atom. The number of carbonyl (C=O) groups is 1. The Morgan fingerprint density at radius 2 is 1.82 bits per heavy atom. The first-order valence-electron chi connectivity index (χ1n) is 5.80. The van der Waals surface area contributed by atoms with Gasteiger partial charge < -0.3 is 0 Å². The average molecular weight is 244 g/mol. The third-order valence-electron chi connectivity index (χ3n) is 2.75. The van der Waals surface area contributed by atoms with Crippen molar-refractivity contribution in [3.63, 3.8) is 0 Å². The molecule has 17 heavy (non-hydrogen) atoms. The van der Waals surface area contributed by atoms with Gasteiger partial charge in [-0.15, -0.1) is 0 Å². The van der Waals surface area contributed by atoms with E-state index in [0.717, 1.165) is 23.0 Å². The molecule has 0 amide bonds. The molecule has 1 nitrogen and oxygen atoms in total. The lowest BCUT2D eigenvalue weighted by Gasteiger charge is -2.09. The van der Waals surface area contributed by atoms with E-state index in [4.69, 9.17) is 0 Å². The quantitative estimate of drug-likeness (QED) is 0.746. The number of carbonyl (C=O) groups excluding carboxylic acids is 1. The molecule has 0 spiro atoms. The van der Waals surface area contributed by atoms with Crippen LogP contribution in [0.3, 0.4) is 0 Å². The van der Waals surface area contributed by atoms with Crippen molar-refractivity contribution < 1.29 is 4.79 Å². The largest absolute Gasteiger partial charge is 0.298 e. The van der Waals surface area contributed by atoms with Gasteiger partial charge in [-0.1, -0.05) is 50.2 Å². The minimum Gasteiger partial charge on any atom is -0.298 e. The van der Waals surface area contributed by atoms with Gasteiger partial charge in [0.2, 0.25) is 0 Å². The highest BCUT2D eigenvalue weighted by Gasteiger charge is 2.05. The maximum absolute atomic E-state index is 11.0. The molecule has 0 fully saturated rings. The minimum absolute atomic E-state index is 0.625. The fourth-order valence-electron chi connectivity index (χ4n) is 1.87. The lowest BCUT2D eigenvalue weighted by molar-refractivity contribution is 0.112. The van der Waals surface area contributed by atoms with Crippen molar-refractivity contribution in [1.29, 1.82) is 0 Å². The normalized spacial score (nSPS) is 11.0. The summed E-state index contributed by atoms with van der Waals surface area (Å²) in [5.74, 6) is 0.997. The molecule has 0 aliphatic rings. The third kappa shape index (κ3) is 2.70. The Balaban J connectivity index is 2.47. The van der Waals surface area contributed by atoms with Crippen LogP contribution in [-0.2, 0) is 5.75 Å². The van der Waals surface area contributed by atoms with Gasteiger partial charge in [-0.3, -0.25) is 4.79 Å². The van der Waals surface area contributed by atoms with Gasteiger partial charge in [-0.05, 0) is 21.6 Å². The predicted octanol–water partition coefficient (Wildman–Crippen LogP) is 4.29. The van der Waals surface area contributed by atoms with Gasteiger partial charge in [0.05, 0.1) is 0 Å². The fourth-order valence-corrected chi connectivity index (χ4v) is 2.63. The molecule has 2 aromatic rings. The SMILES string of the molecule is CC(C)SCc1ccc(C=O)c2ccccc12. The topological polar surface area (TPSA) is 17.1 Å². The Morgan fingerprint density at radius 1 is 1.12 bits per heavy atom. The molecule has 2 aromatic carbocycles. The highest BCUT2D eigenvalue weighted by Crippen LogP contribution is 2.26. The van der Waals surface area contributed by atoms with Crippen molar-refractivity contribution in [2.45, 2.75) is 24.9 Å². The molecule has 0 unspecified atom stereocenters. The van der Waals surface area contributed by atoms with E-state index in [9.17, 15) is 4.79 Å². The van der Waals surface area contributed by atoms with Gasteiger partial charge in [0.1, 0.15) is 0 Å². The van der Waals surface area contributed by atoms with Crippen LogP contribution in [0.1, 0.15) is 29.8 Å².